The zero-order valence-corrected chi connectivity index (χ0v) is 13.9. The molecule has 0 radical (unpaired) electrons. The van der Waals surface area contributed by atoms with E-state index in [0.717, 1.165) is 0 Å². The van der Waals surface area contributed by atoms with E-state index in [-0.39, 0.29) is 11.3 Å². The maximum Gasteiger partial charge on any atom is 0.339 e. The number of rotatable bonds is 5. The van der Waals surface area contributed by atoms with Crippen molar-refractivity contribution < 1.29 is 23.9 Å². The van der Waals surface area contributed by atoms with Crippen LogP contribution in [0.25, 0.3) is 0 Å². The number of esters is 1. The number of methoxy groups -OCH3 is 1. The number of carbonyl (C=O) groups is 3. The minimum Gasteiger partial charge on any atom is -0.494 e. The average molecular weight is 342 g/mol. The van der Waals surface area contributed by atoms with Gasteiger partial charge in [0.1, 0.15) is 5.75 Å². The van der Waals surface area contributed by atoms with Crippen molar-refractivity contribution in [1.29, 1.82) is 0 Å². The van der Waals surface area contributed by atoms with Gasteiger partial charge in [-0.1, -0.05) is 12.1 Å². The Bertz CT molecular complexity index is 771. The first-order chi connectivity index (χ1) is 12.0. The molecule has 0 bridgehead atoms. The fourth-order valence-electron chi connectivity index (χ4n) is 2.05. The topological polar surface area (TPSA) is 93.7 Å². The molecule has 0 saturated carbocycles. The van der Waals surface area contributed by atoms with E-state index in [1.54, 1.807) is 36.4 Å². The van der Waals surface area contributed by atoms with Gasteiger partial charge in [-0.05, 0) is 43.3 Å². The second-order valence-corrected chi connectivity index (χ2v) is 4.90. The minimum absolute atomic E-state index is 0.159. The smallest absolute Gasteiger partial charge is 0.339 e. The van der Waals surface area contributed by atoms with Gasteiger partial charge in [-0.15, -0.1) is 0 Å². The molecule has 2 aromatic carbocycles. The molecule has 0 heterocycles. The zero-order valence-electron chi connectivity index (χ0n) is 13.9. The van der Waals surface area contributed by atoms with Crippen LogP contribution in [0.3, 0.4) is 0 Å². The average Bonchev–Trinajstić information content (AvgIpc) is 2.63. The highest BCUT2D eigenvalue weighted by molar-refractivity contribution is 6.43. The van der Waals surface area contributed by atoms with Gasteiger partial charge in [0.25, 0.3) is 0 Å². The third kappa shape index (κ3) is 4.81. The van der Waals surface area contributed by atoms with Crippen molar-refractivity contribution in [2.45, 2.75) is 6.92 Å². The van der Waals surface area contributed by atoms with E-state index < -0.39 is 17.8 Å². The van der Waals surface area contributed by atoms with Gasteiger partial charge >= 0.3 is 17.8 Å². The van der Waals surface area contributed by atoms with E-state index in [2.05, 4.69) is 15.4 Å². The maximum absolute atomic E-state index is 12.0. The van der Waals surface area contributed by atoms with Crippen molar-refractivity contribution >= 4 is 29.2 Å². The molecule has 2 N–H and O–H groups in total. The summed E-state index contributed by atoms with van der Waals surface area (Å²) in [7, 11) is 1.24. The summed E-state index contributed by atoms with van der Waals surface area (Å²) in [6, 6.07) is 12.9. The Kier molecular flexibility index (Phi) is 6.11. The molecule has 25 heavy (non-hydrogen) atoms. The van der Waals surface area contributed by atoms with Crippen LogP contribution < -0.4 is 15.4 Å². The Balaban J connectivity index is 2.03. The minimum atomic E-state index is -0.898. The molecule has 7 nitrogen and oxygen atoms in total. The lowest BCUT2D eigenvalue weighted by molar-refractivity contribution is -0.133. The number of carbonyl (C=O) groups excluding carboxylic acids is 3. The highest BCUT2D eigenvalue weighted by Gasteiger charge is 2.18. The van der Waals surface area contributed by atoms with Gasteiger partial charge in [-0.3, -0.25) is 9.59 Å². The first-order valence-corrected chi connectivity index (χ1v) is 7.57. The number of nitrogens with one attached hydrogen (secondary N) is 2. The van der Waals surface area contributed by atoms with Gasteiger partial charge in [-0.25, -0.2) is 4.79 Å². The van der Waals surface area contributed by atoms with Crippen LogP contribution in [-0.2, 0) is 14.3 Å². The number of amides is 2. The summed E-state index contributed by atoms with van der Waals surface area (Å²) in [4.78, 5) is 35.7. The van der Waals surface area contributed by atoms with Crippen molar-refractivity contribution in [1.82, 2.24) is 0 Å². The van der Waals surface area contributed by atoms with Gasteiger partial charge in [0.05, 0.1) is 25.0 Å². The molecule has 2 aromatic rings. The number of hydrogen-bond acceptors (Lipinski definition) is 5. The van der Waals surface area contributed by atoms with Crippen molar-refractivity contribution in [3.05, 3.63) is 54.1 Å². The summed E-state index contributed by atoms with van der Waals surface area (Å²) < 4.78 is 9.95. The van der Waals surface area contributed by atoms with E-state index >= 15 is 0 Å². The highest BCUT2D eigenvalue weighted by Crippen LogP contribution is 2.17. The van der Waals surface area contributed by atoms with E-state index in [0.29, 0.717) is 18.0 Å². The van der Waals surface area contributed by atoms with Crippen LogP contribution in [0.15, 0.2) is 48.5 Å². The Morgan fingerprint density at radius 3 is 2.20 bits per heavy atom. The fourth-order valence-corrected chi connectivity index (χ4v) is 2.05. The summed E-state index contributed by atoms with van der Waals surface area (Å²) in [5, 5.41) is 4.87. The largest absolute Gasteiger partial charge is 0.494 e. The second kappa shape index (κ2) is 8.49. The van der Waals surface area contributed by atoms with Crippen LogP contribution >= 0.6 is 0 Å². The molecule has 0 aliphatic carbocycles. The molecule has 130 valence electrons. The van der Waals surface area contributed by atoms with Gasteiger partial charge in [0, 0.05) is 5.69 Å². The first kappa shape index (κ1) is 18.0. The molecule has 7 heteroatoms. The van der Waals surface area contributed by atoms with E-state index in [9.17, 15) is 14.4 Å². The predicted molar refractivity (Wildman–Crippen MR) is 92.7 cm³/mol. The van der Waals surface area contributed by atoms with Crippen LogP contribution in [-0.4, -0.2) is 31.5 Å². The lowest BCUT2D eigenvalue weighted by atomic mass is 10.2. The van der Waals surface area contributed by atoms with Gasteiger partial charge in [-0.2, -0.15) is 0 Å². The van der Waals surface area contributed by atoms with Crippen LogP contribution in [0.5, 0.6) is 5.75 Å². The normalized spacial score (nSPS) is 9.84. The quantitative estimate of drug-likeness (QED) is 0.643. The summed E-state index contributed by atoms with van der Waals surface area (Å²) >= 11 is 0. The van der Waals surface area contributed by atoms with Crippen LogP contribution in [0.4, 0.5) is 11.4 Å². The third-order valence-electron chi connectivity index (χ3n) is 3.21. The monoisotopic (exact) mass is 342 g/mol. The SMILES string of the molecule is CCOc1ccc(NC(=O)C(=O)Nc2ccccc2C(=O)OC)cc1. The molecule has 2 rings (SSSR count). The standard InChI is InChI=1S/C18H18N2O5/c1-3-25-13-10-8-12(9-11-13)19-16(21)17(22)20-15-7-5-4-6-14(15)18(23)24-2/h4-11H,3H2,1-2H3,(H,19,21)(H,20,22). The summed E-state index contributed by atoms with van der Waals surface area (Å²) in [6.07, 6.45) is 0. The first-order valence-electron chi connectivity index (χ1n) is 7.57. The molecule has 0 aliphatic rings. The summed E-state index contributed by atoms with van der Waals surface area (Å²) in [5.74, 6) is -1.70. The highest BCUT2D eigenvalue weighted by atomic mass is 16.5. The number of para-hydroxylation sites is 1. The Labute approximate surface area is 144 Å². The molecule has 0 unspecified atom stereocenters. The lowest BCUT2D eigenvalue weighted by Crippen LogP contribution is -2.29. The molecule has 0 saturated heterocycles. The summed E-state index contributed by atoms with van der Waals surface area (Å²) in [6.45, 7) is 2.40. The van der Waals surface area contributed by atoms with Crippen molar-refractivity contribution in [3.63, 3.8) is 0 Å². The molecule has 0 aliphatic heterocycles. The number of ether oxygens (including phenoxy) is 2. The van der Waals surface area contributed by atoms with Gasteiger partial charge in [0.15, 0.2) is 0 Å². The molecular formula is C18H18N2O5. The molecule has 0 fully saturated rings. The van der Waals surface area contributed by atoms with Crippen molar-refractivity contribution in [2.75, 3.05) is 24.4 Å². The number of anilines is 2. The lowest BCUT2D eigenvalue weighted by Gasteiger charge is -2.10. The van der Waals surface area contributed by atoms with E-state index in [1.807, 2.05) is 6.92 Å². The Hall–Kier alpha value is -3.35. The Morgan fingerprint density at radius 2 is 1.56 bits per heavy atom. The number of hydrogen-bond donors (Lipinski definition) is 2. The number of benzene rings is 2. The Morgan fingerprint density at radius 1 is 0.920 bits per heavy atom. The summed E-state index contributed by atoms with van der Waals surface area (Å²) in [5.41, 5.74) is 0.804. The van der Waals surface area contributed by atoms with Crippen LogP contribution in [0.2, 0.25) is 0 Å². The van der Waals surface area contributed by atoms with E-state index in [4.69, 9.17) is 4.74 Å². The molecule has 0 atom stereocenters. The van der Waals surface area contributed by atoms with Crippen molar-refractivity contribution in [2.24, 2.45) is 0 Å². The van der Waals surface area contributed by atoms with Gasteiger partial charge in [0.2, 0.25) is 0 Å². The van der Waals surface area contributed by atoms with Crippen LogP contribution in [0, 0.1) is 0 Å². The zero-order chi connectivity index (χ0) is 18.2. The molecular weight excluding hydrogens is 324 g/mol. The maximum atomic E-state index is 12.0. The molecule has 0 aromatic heterocycles. The molecule has 2 amide bonds. The van der Waals surface area contributed by atoms with Crippen LogP contribution in [0.1, 0.15) is 17.3 Å². The predicted octanol–water partition coefficient (Wildman–Crippen LogP) is 2.45. The molecule has 0 spiro atoms. The van der Waals surface area contributed by atoms with Gasteiger partial charge < -0.3 is 20.1 Å². The second-order valence-electron chi connectivity index (χ2n) is 4.90. The third-order valence-corrected chi connectivity index (χ3v) is 3.21. The fraction of sp³-hybridized carbons (Fsp3) is 0.167. The van der Waals surface area contributed by atoms with Crippen molar-refractivity contribution in [3.8, 4) is 5.75 Å². The van der Waals surface area contributed by atoms with E-state index in [1.165, 1.54) is 19.2 Å².